The molecule has 0 radical (unpaired) electrons. The normalized spacial score (nSPS) is 12.7. The molecule has 18 heavy (non-hydrogen) atoms. The molecule has 0 fully saturated rings. The minimum atomic E-state index is 0.0647. The third-order valence-corrected chi connectivity index (χ3v) is 3.20. The Morgan fingerprint density at radius 2 is 1.44 bits per heavy atom. The standard InChI is InChI=1S/C16H19NO/c1-17(2)16(12-18)15-10-8-14(9-11-15)13-6-4-3-5-7-13/h3-11,16,18H,12H2,1-2H3. The molecule has 0 aliphatic carbocycles. The molecule has 2 aromatic carbocycles. The van der Waals surface area contributed by atoms with Crippen LogP contribution >= 0.6 is 0 Å². The second kappa shape index (κ2) is 5.80. The predicted molar refractivity (Wildman–Crippen MR) is 75.4 cm³/mol. The van der Waals surface area contributed by atoms with Crippen LogP contribution in [-0.4, -0.2) is 30.7 Å². The highest BCUT2D eigenvalue weighted by atomic mass is 16.3. The summed E-state index contributed by atoms with van der Waals surface area (Å²) in [4.78, 5) is 2.03. The average Bonchev–Trinajstić information content (AvgIpc) is 2.41. The molecule has 0 saturated heterocycles. The third kappa shape index (κ3) is 2.78. The lowest BCUT2D eigenvalue weighted by Gasteiger charge is -2.22. The molecule has 2 nitrogen and oxygen atoms in total. The van der Waals surface area contributed by atoms with E-state index in [-0.39, 0.29) is 12.6 Å². The Balaban J connectivity index is 2.25. The first-order valence-electron chi connectivity index (χ1n) is 6.15. The van der Waals surface area contributed by atoms with Crippen molar-refractivity contribution in [2.75, 3.05) is 20.7 Å². The van der Waals surface area contributed by atoms with Crippen molar-refractivity contribution in [1.29, 1.82) is 0 Å². The fourth-order valence-electron chi connectivity index (χ4n) is 2.10. The van der Waals surface area contributed by atoms with E-state index in [0.717, 1.165) is 5.56 Å². The number of aliphatic hydroxyl groups is 1. The fraction of sp³-hybridized carbons (Fsp3) is 0.250. The van der Waals surface area contributed by atoms with Crippen LogP contribution < -0.4 is 0 Å². The minimum absolute atomic E-state index is 0.0647. The first kappa shape index (κ1) is 12.8. The van der Waals surface area contributed by atoms with E-state index < -0.39 is 0 Å². The molecule has 1 unspecified atom stereocenters. The van der Waals surface area contributed by atoms with Crippen molar-refractivity contribution in [3.8, 4) is 11.1 Å². The van der Waals surface area contributed by atoms with Crippen LogP contribution in [0, 0.1) is 0 Å². The van der Waals surface area contributed by atoms with Gasteiger partial charge in [0.15, 0.2) is 0 Å². The van der Waals surface area contributed by atoms with E-state index in [1.807, 2.05) is 37.2 Å². The van der Waals surface area contributed by atoms with Gasteiger partial charge in [-0.05, 0) is 30.8 Å². The maximum atomic E-state index is 9.39. The highest BCUT2D eigenvalue weighted by Gasteiger charge is 2.12. The Kier molecular flexibility index (Phi) is 4.13. The molecule has 0 amide bonds. The van der Waals surface area contributed by atoms with E-state index in [1.165, 1.54) is 11.1 Å². The van der Waals surface area contributed by atoms with Crippen LogP contribution in [0.2, 0.25) is 0 Å². The van der Waals surface area contributed by atoms with Crippen molar-refractivity contribution in [1.82, 2.24) is 4.90 Å². The summed E-state index contributed by atoms with van der Waals surface area (Å²) in [5.74, 6) is 0. The summed E-state index contributed by atoms with van der Waals surface area (Å²) in [6, 6.07) is 18.8. The molecule has 0 aliphatic heterocycles. The number of aliphatic hydroxyl groups excluding tert-OH is 1. The number of benzene rings is 2. The molecule has 2 heteroatoms. The van der Waals surface area contributed by atoms with Crippen molar-refractivity contribution < 1.29 is 5.11 Å². The van der Waals surface area contributed by atoms with Crippen molar-refractivity contribution in [2.45, 2.75) is 6.04 Å². The second-order valence-electron chi connectivity index (χ2n) is 4.65. The van der Waals surface area contributed by atoms with Crippen LogP contribution in [0.15, 0.2) is 54.6 Å². The summed E-state index contributed by atoms with van der Waals surface area (Å²) in [6.45, 7) is 0.137. The van der Waals surface area contributed by atoms with Gasteiger partial charge >= 0.3 is 0 Å². The van der Waals surface area contributed by atoms with Crippen LogP contribution in [0.1, 0.15) is 11.6 Å². The predicted octanol–water partition coefficient (Wildman–Crippen LogP) is 2.95. The molecule has 1 N–H and O–H groups in total. The minimum Gasteiger partial charge on any atom is -0.394 e. The van der Waals surface area contributed by atoms with Gasteiger partial charge < -0.3 is 10.0 Å². The summed E-state index contributed by atoms with van der Waals surface area (Å²) < 4.78 is 0. The molecular formula is C16H19NO. The number of nitrogens with zero attached hydrogens (tertiary/aromatic N) is 1. The van der Waals surface area contributed by atoms with Crippen LogP contribution in [0.4, 0.5) is 0 Å². The van der Waals surface area contributed by atoms with Gasteiger partial charge in [0.2, 0.25) is 0 Å². The molecule has 2 aromatic rings. The number of hydrogen-bond donors (Lipinski definition) is 1. The van der Waals surface area contributed by atoms with Gasteiger partial charge in [-0.25, -0.2) is 0 Å². The van der Waals surface area contributed by atoms with Gasteiger partial charge in [0.05, 0.1) is 12.6 Å². The molecule has 94 valence electrons. The molecule has 0 saturated carbocycles. The fourth-order valence-corrected chi connectivity index (χ4v) is 2.10. The highest BCUT2D eigenvalue weighted by molar-refractivity contribution is 5.63. The van der Waals surface area contributed by atoms with E-state index in [2.05, 4.69) is 36.4 Å². The lowest BCUT2D eigenvalue weighted by molar-refractivity contribution is 0.171. The lowest BCUT2D eigenvalue weighted by atomic mass is 10.0. The van der Waals surface area contributed by atoms with Crippen LogP contribution in [0.3, 0.4) is 0 Å². The smallest absolute Gasteiger partial charge is 0.0628 e. The van der Waals surface area contributed by atoms with E-state index in [4.69, 9.17) is 0 Å². The zero-order chi connectivity index (χ0) is 13.0. The summed E-state index contributed by atoms with van der Waals surface area (Å²) in [7, 11) is 3.96. The van der Waals surface area contributed by atoms with Gasteiger partial charge in [-0.3, -0.25) is 0 Å². The third-order valence-electron chi connectivity index (χ3n) is 3.20. The average molecular weight is 241 g/mol. The quantitative estimate of drug-likeness (QED) is 0.889. The number of hydrogen-bond acceptors (Lipinski definition) is 2. The van der Waals surface area contributed by atoms with E-state index in [0.29, 0.717) is 0 Å². The Morgan fingerprint density at radius 1 is 0.889 bits per heavy atom. The molecule has 0 spiro atoms. The SMILES string of the molecule is CN(C)C(CO)c1ccc(-c2ccccc2)cc1. The second-order valence-corrected chi connectivity index (χ2v) is 4.65. The van der Waals surface area contributed by atoms with Gasteiger partial charge in [-0.1, -0.05) is 54.6 Å². The number of likely N-dealkylation sites (N-methyl/N-ethyl adjacent to an activating group) is 1. The van der Waals surface area contributed by atoms with Crippen LogP contribution in [-0.2, 0) is 0 Å². The monoisotopic (exact) mass is 241 g/mol. The van der Waals surface area contributed by atoms with Crippen molar-refractivity contribution in [2.24, 2.45) is 0 Å². The Bertz CT molecular complexity index is 476. The van der Waals surface area contributed by atoms with Crippen molar-refractivity contribution in [3.05, 3.63) is 60.2 Å². The largest absolute Gasteiger partial charge is 0.394 e. The summed E-state index contributed by atoms with van der Waals surface area (Å²) in [5, 5.41) is 9.39. The first-order chi connectivity index (χ1) is 8.72. The highest BCUT2D eigenvalue weighted by Crippen LogP contribution is 2.23. The molecule has 0 heterocycles. The molecular weight excluding hydrogens is 222 g/mol. The molecule has 1 atom stereocenters. The lowest BCUT2D eigenvalue weighted by Crippen LogP contribution is -2.22. The van der Waals surface area contributed by atoms with Crippen molar-refractivity contribution >= 4 is 0 Å². The Hall–Kier alpha value is -1.64. The van der Waals surface area contributed by atoms with Crippen molar-refractivity contribution in [3.63, 3.8) is 0 Å². The number of rotatable bonds is 4. The van der Waals surface area contributed by atoms with E-state index in [9.17, 15) is 5.11 Å². The molecule has 0 aliphatic rings. The van der Waals surface area contributed by atoms with Gasteiger partial charge in [-0.2, -0.15) is 0 Å². The van der Waals surface area contributed by atoms with Gasteiger partial charge in [0, 0.05) is 0 Å². The van der Waals surface area contributed by atoms with Crippen LogP contribution in [0.25, 0.3) is 11.1 Å². The molecule has 2 rings (SSSR count). The Labute approximate surface area is 109 Å². The maximum Gasteiger partial charge on any atom is 0.0628 e. The zero-order valence-electron chi connectivity index (χ0n) is 10.9. The van der Waals surface area contributed by atoms with Crippen LogP contribution in [0.5, 0.6) is 0 Å². The van der Waals surface area contributed by atoms with Gasteiger partial charge in [0.1, 0.15) is 0 Å². The summed E-state index contributed by atoms with van der Waals surface area (Å²) in [6.07, 6.45) is 0. The zero-order valence-corrected chi connectivity index (χ0v) is 10.9. The van der Waals surface area contributed by atoms with E-state index >= 15 is 0 Å². The maximum absolute atomic E-state index is 9.39. The topological polar surface area (TPSA) is 23.5 Å². The first-order valence-corrected chi connectivity index (χ1v) is 6.15. The van der Waals surface area contributed by atoms with E-state index in [1.54, 1.807) is 0 Å². The molecule has 0 bridgehead atoms. The molecule has 0 aromatic heterocycles. The Morgan fingerprint density at radius 3 is 1.94 bits per heavy atom. The van der Waals surface area contributed by atoms with Gasteiger partial charge in [0.25, 0.3) is 0 Å². The summed E-state index contributed by atoms with van der Waals surface area (Å²) in [5.41, 5.74) is 3.56. The summed E-state index contributed by atoms with van der Waals surface area (Å²) >= 11 is 0. The van der Waals surface area contributed by atoms with Gasteiger partial charge in [-0.15, -0.1) is 0 Å².